The number of hydrogen-bond acceptors (Lipinski definition) is 7. The van der Waals surface area contributed by atoms with Crippen molar-refractivity contribution in [1.82, 2.24) is 9.47 Å². The number of carbonyl (C=O) groups excluding carboxylic acids is 3. The molecule has 4 aromatic rings. The summed E-state index contributed by atoms with van der Waals surface area (Å²) in [6, 6.07) is 14.9. The predicted molar refractivity (Wildman–Crippen MR) is 172 cm³/mol. The standard InChI is InChI=1S/C33H34F4N4O5S/c1-5-45-31(43)29(40(3)4)16-17-30(42)41-19-27(26-18-22(34)8-15-28(26)41)39-32(44)38-23-9-11-24(12-10-23)46-20(2)21-6-13-25(14-7-21)47-33(35,36)37/h6-15,18-20,29H,5,16-17H2,1-4H3,(H2,38,39,44). The molecule has 0 radical (unpaired) electrons. The number of thioether (sulfide) groups is 1. The van der Waals surface area contributed by atoms with Gasteiger partial charge in [0.25, 0.3) is 0 Å². The van der Waals surface area contributed by atoms with E-state index in [2.05, 4.69) is 10.6 Å². The van der Waals surface area contributed by atoms with E-state index in [0.29, 0.717) is 27.9 Å². The highest BCUT2D eigenvalue weighted by Gasteiger charge is 2.29. The van der Waals surface area contributed by atoms with Gasteiger partial charge in [0.05, 0.1) is 17.8 Å². The number of urea groups is 1. The zero-order valence-electron chi connectivity index (χ0n) is 26.1. The van der Waals surface area contributed by atoms with E-state index < -0.39 is 35.5 Å². The first-order chi connectivity index (χ1) is 22.2. The summed E-state index contributed by atoms with van der Waals surface area (Å²) in [7, 11) is 3.43. The van der Waals surface area contributed by atoms with Gasteiger partial charge in [0.1, 0.15) is 23.7 Å². The number of fused-ring (bicyclic) bond motifs is 1. The molecule has 0 aliphatic rings. The van der Waals surface area contributed by atoms with E-state index >= 15 is 0 Å². The second kappa shape index (κ2) is 15.4. The number of carbonyl (C=O) groups is 3. The molecule has 1 aromatic heterocycles. The van der Waals surface area contributed by atoms with E-state index in [9.17, 15) is 31.9 Å². The number of esters is 1. The molecule has 0 spiro atoms. The molecule has 47 heavy (non-hydrogen) atoms. The van der Waals surface area contributed by atoms with Crippen LogP contribution in [0.1, 0.15) is 43.2 Å². The summed E-state index contributed by atoms with van der Waals surface area (Å²) in [6.45, 7) is 3.68. The Labute approximate surface area is 273 Å². The molecular formula is C33H34F4N4O5S. The van der Waals surface area contributed by atoms with Gasteiger partial charge in [0.2, 0.25) is 5.91 Å². The van der Waals surface area contributed by atoms with Crippen molar-refractivity contribution in [2.75, 3.05) is 31.3 Å². The molecule has 2 N–H and O–H groups in total. The Morgan fingerprint density at radius 1 is 0.979 bits per heavy atom. The number of likely N-dealkylation sites (N-methyl/N-ethyl adjacent to an activating group) is 1. The second-order valence-corrected chi connectivity index (χ2v) is 11.9. The molecule has 1 heterocycles. The Morgan fingerprint density at radius 3 is 2.28 bits per heavy atom. The number of nitrogens with zero attached hydrogens (tertiary/aromatic N) is 2. The molecule has 0 fully saturated rings. The van der Waals surface area contributed by atoms with E-state index in [-0.39, 0.29) is 47.7 Å². The quantitative estimate of drug-likeness (QED) is 0.0890. The lowest BCUT2D eigenvalue weighted by molar-refractivity contribution is -0.148. The number of hydrogen-bond donors (Lipinski definition) is 2. The van der Waals surface area contributed by atoms with Gasteiger partial charge in [0, 0.05) is 28.6 Å². The van der Waals surface area contributed by atoms with Crippen molar-refractivity contribution in [2.45, 2.75) is 49.2 Å². The number of ether oxygens (including phenoxy) is 2. The number of alkyl halides is 3. The van der Waals surface area contributed by atoms with Gasteiger partial charge < -0.3 is 20.1 Å². The van der Waals surface area contributed by atoms with Crippen LogP contribution in [0, 0.1) is 5.82 Å². The van der Waals surface area contributed by atoms with Crippen LogP contribution in [0.5, 0.6) is 5.75 Å². The number of rotatable bonds is 12. The molecule has 4 rings (SSSR count). The average Bonchev–Trinajstić information content (AvgIpc) is 3.34. The van der Waals surface area contributed by atoms with E-state index in [4.69, 9.17) is 9.47 Å². The fourth-order valence-electron chi connectivity index (χ4n) is 4.83. The third kappa shape index (κ3) is 9.72. The van der Waals surface area contributed by atoms with Gasteiger partial charge in [-0.05, 0) is 106 Å². The van der Waals surface area contributed by atoms with Crippen LogP contribution < -0.4 is 15.4 Å². The van der Waals surface area contributed by atoms with Crippen LogP contribution in [0.25, 0.3) is 10.9 Å². The summed E-state index contributed by atoms with van der Waals surface area (Å²) in [5, 5.41) is 5.65. The molecule has 0 bridgehead atoms. The van der Waals surface area contributed by atoms with E-state index in [1.54, 1.807) is 69.2 Å². The van der Waals surface area contributed by atoms with Crippen molar-refractivity contribution in [3.8, 4) is 5.75 Å². The molecule has 2 amide bonds. The largest absolute Gasteiger partial charge is 0.486 e. The molecule has 0 saturated carbocycles. The molecular weight excluding hydrogens is 640 g/mol. The Balaban J connectivity index is 1.39. The second-order valence-electron chi connectivity index (χ2n) is 10.7. The molecule has 2 atom stereocenters. The summed E-state index contributed by atoms with van der Waals surface area (Å²) >= 11 is -0.188. The maximum absolute atomic E-state index is 14.2. The van der Waals surface area contributed by atoms with Crippen LogP contribution in [0.4, 0.5) is 33.7 Å². The number of nitrogens with one attached hydrogen (secondary N) is 2. The zero-order chi connectivity index (χ0) is 34.3. The molecule has 250 valence electrons. The van der Waals surface area contributed by atoms with Crippen LogP contribution in [-0.2, 0) is 9.53 Å². The number of amides is 2. The Bertz CT molecular complexity index is 1710. The Kier molecular flexibility index (Phi) is 11.5. The van der Waals surface area contributed by atoms with Gasteiger partial charge in [-0.15, -0.1) is 0 Å². The minimum Gasteiger partial charge on any atom is -0.486 e. The molecule has 0 aliphatic carbocycles. The summed E-state index contributed by atoms with van der Waals surface area (Å²) in [6.07, 6.45) is 1.14. The van der Waals surface area contributed by atoms with Gasteiger partial charge in [-0.2, -0.15) is 13.2 Å². The van der Waals surface area contributed by atoms with Gasteiger partial charge in [-0.25, -0.2) is 9.18 Å². The van der Waals surface area contributed by atoms with Crippen molar-refractivity contribution >= 4 is 51.9 Å². The van der Waals surface area contributed by atoms with Crippen molar-refractivity contribution in [1.29, 1.82) is 0 Å². The van der Waals surface area contributed by atoms with Crippen molar-refractivity contribution in [2.24, 2.45) is 0 Å². The first-order valence-electron chi connectivity index (χ1n) is 14.6. The van der Waals surface area contributed by atoms with Gasteiger partial charge >= 0.3 is 17.5 Å². The normalized spacial score (nSPS) is 12.9. The molecule has 3 aromatic carbocycles. The summed E-state index contributed by atoms with van der Waals surface area (Å²) in [5.74, 6) is -0.877. The zero-order valence-corrected chi connectivity index (χ0v) is 26.9. The van der Waals surface area contributed by atoms with E-state index in [1.165, 1.54) is 41.1 Å². The fraction of sp³-hybridized carbons (Fsp3) is 0.303. The monoisotopic (exact) mass is 674 g/mol. The third-order valence-electron chi connectivity index (χ3n) is 7.11. The number of anilines is 2. The molecule has 2 unspecified atom stereocenters. The van der Waals surface area contributed by atoms with E-state index in [1.807, 2.05) is 0 Å². The topological polar surface area (TPSA) is 102 Å². The maximum atomic E-state index is 14.2. The Hall–Kier alpha value is -4.56. The van der Waals surface area contributed by atoms with Crippen molar-refractivity contribution in [3.05, 3.63) is 84.3 Å². The highest BCUT2D eigenvalue weighted by molar-refractivity contribution is 8.00. The Morgan fingerprint density at radius 2 is 1.66 bits per heavy atom. The summed E-state index contributed by atoms with van der Waals surface area (Å²) < 4.78 is 64.3. The number of halogens is 4. The predicted octanol–water partition coefficient (Wildman–Crippen LogP) is 8.09. The summed E-state index contributed by atoms with van der Waals surface area (Å²) in [5.41, 5.74) is -2.68. The van der Waals surface area contributed by atoms with Crippen molar-refractivity contribution in [3.63, 3.8) is 0 Å². The van der Waals surface area contributed by atoms with Crippen molar-refractivity contribution < 1.29 is 41.4 Å². The lowest BCUT2D eigenvalue weighted by Crippen LogP contribution is -2.37. The first-order valence-corrected chi connectivity index (χ1v) is 15.4. The molecule has 0 saturated heterocycles. The number of aromatic nitrogens is 1. The lowest BCUT2D eigenvalue weighted by Gasteiger charge is -2.22. The van der Waals surface area contributed by atoms with Crippen LogP contribution in [0.2, 0.25) is 0 Å². The van der Waals surface area contributed by atoms with Crippen LogP contribution in [-0.4, -0.2) is 59.6 Å². The highest BCUT2D eigenvalue weighted by Crippen LogP contribution is 2.37. The third-order valence-corrected chi connectivity index (χ3v) is 7.84. The SMILES string of the molecule is CCOC(=O)C(CCC(=O)n1cc(NC(=O)Nc2ccc(OC(C)c3ccc(SC(F)(F)F)cc3)cc2)c2cc(F)ccc21)N(C)C. The maximum Gasteiger partial charge on any atom is 0.446 e. The molecule has 0 aliphatic heterocycles. The lowest BCUT2D eigenvalue weighted by atomic mass is 10.1. The highest BCUT2D eigenvalue weighted by atomic mass is 32.2. The first kappa shape index (κ1) is 35.3. The molecule has 14 heteroatoms. The smallest absolute Gasteiger partial charge is 0.446 e. The van der Waals surface area contributed by atoms with Crippen LogP contribution >= 0.6 is 11.8 Å². The van der Waals surface area contributed by atoms with Crippen LogP contribution in [0.15, 0.2) is 77.8 Å². The minimum absolute atomic E-state index is 0.00999. The van der Waals surface area contributed by atoms with E-state index in [0.717, 1.165) is 0 Å². The fourth-order valence-corrected chi connectivity index (χ4v) is 5.37. The number of benzene rings is 3. The van der Waals surface area contributed by atoms with Gasteiger partial charge in [-0.3, -0.25) is 19.1 Å². The van der Waals surface area contributed by atoms with Gasteiger partial charge in [0.15, 0.2) is 0 Å². The van der Waals surface area contributed by atoms with Gasteiger partial charge in [-0.1, -0.05) is 12.1 Å². The summed E-state index contributed by atoms with van der Waals surface area (Å²) in [4.78, 5) is 40.2. The minimum atomic E-state index is -4.37. The average molecular weight is 675 g/mol. The van der Waals surface area contributed by atoms with Crippen LogP contribution in [0.3, 0.4) is 0 Å². The molecule has 9 nitrogen and oxygen atoms in total.